The van der Waals surface area contributed by atoms with Crippen LogP contribution in [0.15, 0.2) is 47.6 Å². The van der Waals surface area contributed by atoms with Crippen molar-refractivity contribution in [2.45, 2.75) is 33.4 Å². The molecule has 0 aliphatic carbocycles. The Hall–Kier alpha value is -4.16. The zero-order valence-electron chi connectivity index (χ0n) is 19.3. The maximum atomic E-state index is 14.9. The van der Waals surface area contributed by atoms with Crippen LogP contribution in [-0.4, -0.2) is 28.2 Å². The number of nitrogens with one attached hydrogen (secondary N) is 2. The van der Waals surface area contributed by atoms with Crippen LogP contribution in [0.5, 0.6) is 0 Å². The van der Waals surface area contributed by atoms with E-state index in [1.807, 2.05) is 18.2 Å². The summed E-state index contributed by atoms with van der Waals surface area (Å²) in [6.07, 6.45) is 2.57. The maximum Gasteiger partial charge on any atom is 0.193 e. The Bertz CT molecular complexity index is 1250. The third-order valence-corrected chi connectivity index (χ3v) is 5.10. The van der Waals surface area contributed by atoms with E-state index in [1.54, 1.807) is 25.1 Å². The molecule has 0 fully saturated rings. The van der Waals surface area contributed by atoms with Gasteiger partial charge in [0, 0.05) is 18.3 Å². The molecular weight excluding hydrogens is 431 g/mol. The first-order valence-electron chi connectivity index (χ1n) is 10.9. The second kappa shape index (κ2) is 11.6. The number of nitrogen functional groups attached to an aromatic ring is 1. The minimum absolute atomic E-state index is 0.0859. The number of nitriles is 1. The van der Waals surface area contributed by atoms with E-state index in [-0.39, 0.29) is 23.0 Å². The van der Waals surface area contributed by atoms with Gasteiger partial charge in [0.1, 0.15) is 11.4 Å². The number of nitrogens with zero attached hydrogens (tertiary/aromatic N) is 5. The minimum atomic E-state index is -0.791. The molecule has 0 aliphatic rings. The van der Waals surface area contributed by atoms with Crippen LogP contribution < -0.4 is 16.4 Å². The van der Waals surface area contributed by atoms with E-state index >= 15 is 0 Å². The molecule has 34 heavy (non-hydrogen) atoms. The van der Waals surface area contributed by atoms with Gasteiger partial charge in [-0.25, -0.2) is 14.4 Å². The molecule has 0 saturated heterocycles. The highest BCUT2D eigenvalue weighted by Gasteiger charge is 2.18. The van der Waals surface area contributed by atoms with Gasteiger partial charge in [0.05, 0.1) is 29.6 Å². The molecule has 0 atom stereocenters. The van der Waals surface area contributed by atoms with Gasteiger partial charge in [0.25, 0.3) is 0 Å². The number of anilines is 1. The van der Waals surface area contributed by atoms with Crippen molar-refractivity contribution in [2.75, 3.05) is 12.3 Å². The van der Waals surface area contributed by atoms with Crippen LogP contribution in [0.4, 0.5) is 10.2 Å². The number of rotatable bonds is 10. The third kappa shape index (κ3) is 5.79. The maximum absolute atomic E-state index is 14.9. The summed E-state index contributed by atoms with van der Waals surface area (Å²) in [6, 6.07) is 13.1. The molecule has 0 unspecified atom stereocenters. The zero-order chi connectivity index (χ0) is 24.5. The second-order valence-corrected chi connectivity index (χ2v) is 7.55. The largest absolute Gasteiger partial charge is 0.383 e. The summed E-state index contributed by atoms with van der Waals surface area (Å²) in [4.78, 5) is 17.0. The molecule has 3 aromatic rings. The molecule has 174 valence electrons. The normalized spacial score (nSPS) is 11.2. The zero-order valence-corrected chi connectivity index (χ0v) is 19.3. The van der Waals surface area contributed by atoms with E-state index in [4.69, 9.17) is 5.73 Å². The Labute approximate surface area is 198 Å². The van der Waals surface area contributed by atoms with Crippen molar-refractivity contribution in [2.24, 2.45) is 4.99 Å². The smallest absolute Gasteiger partial charge is 0.193 e. The van der Waals surface area contributed by atoms with Crippen LogP contribution in [0.25, 0.3) is 17.1 Å². The molecule has 2 aromatic heterocycles. The van der Waals surface area contributed by atoms with Gasteiger partial charge in [0.15, 0.2) is 17.5 Å². The third-order valence-electron chi connectivity index (χ3n) is 5.10. The lowest BCUT2D eigenvalue weighted by Gasteiger charge is -2.11. The molecule has 0 radical (unpaired) electrons. The molecule has 0 amide bonds. The van der Waals surface area contributed by atoms with Crippen LogP contribution in [0, 0.1) is 24.1 Å². The van der Waals surface area contributed by atoms with Crippen molar-refractivity contribution in [3.63, 3.8) is 0 Å². The number of nitrogens with two attached hydrogens (primary N) is 1. The van der Waals surface area contributed by atoms with Gasteiger partial charge in [0.2, 0.25) is 0 Å². The summed E-state index contributed by atoms with van der Waals surface area (Å²) >= 11 is 0. The number of benzene rings is 1. The molecular formula is C25H27FN8. The average molecular weight is 459 g/mol. The standard InChI is InChI=1S/C25H27FN8/c1-4-11-30-13-18-8-6-9-19(32-18)14-31-15-21(29-3)23-22(26)24(28)34-25(33-23)20-10-5-7-17(12-27)16(20)2/h5-10,15,30-31H,3-4,11,13-14H2,1-2H3,(H2,28,33,34)/b21-15-. The van der Waals surface area contributed by atoms with Crippen molar-refractivity contribution in [1.29, 1.82) is 5.26 Å². The number of aliphatic imine (C=N–C) groups is 1. The Balaban J connectivity index is 1.85. The lowest BCUT2D eigenvalue weighted by Crippen LogP contribution is -2.16. The van der Waals surface area contributed by atoms with Gasteiger partial charge in [-0.1, -0.05) is 25.1 Å². The van der Waals surface area contributed by atoms with Crippen LogP contribution >= 0.6 is 0 Å². The monoisotopic (exact) mass is 458 g/mol. The van der Waals surface area contributed by atoms with Crippen molar-refractivity contribution < 1.29 is 4.39 Å². The van der Waals surface area contributed by atoms with E-state index in [2.05, 4.69) is 50.3 Å². The second-order valence-electron chi connectivity index (χ2n) is 7.55. The molecule has 0 bridgehead atoms. The van der Waals surface area contributed by atoms with Crippen molar-refractivity contribution in [1.82, 2.24) is 25.6 Å². The highest BCUT2D eigenvalue weighted by atomic mass is 19.1. The topological polar surface area (TPSA) is 125 Å². The van der Waals surface area contributed by atoms with E-state index in [9.17, 15) is 9.65 Å². The fourth-order valence-electron chi connectivity index (χ4n) is 3.31. The first kappa shape index (κ1) is 24.5. The fourth-order valence-corrected chi connectivity index (χ4v) is 3.31. The number of hydrogen-bond donors (Lipinski definition) is 3. The Morgan fingerprint density at radius 3 is 2.62 bits per heavy atom. The first-order chi connectivity index (χ1) is 16.5. The summed E-state index contributed by atoms with van der Waals surface area (Å²) < 4.78 is 14.9. The Kier molecular flexibility index (Phi) is 8.37. The number of aromatic nitrogens is 3. The highest BCUT2D eigenvalue weighted by molar-refractivity contribution is 5.71. The van der Waals surface area contributed by atoms with Crippen molar-refractivity contribution >= 4 is 18.2 Å². The molecule has 4 N–H and O–H groups in total. The fraction of sp³-hybridized carbons (Fsp3) is 0.240. The highest BCUT2D eigenvalue weighted by Crippen LogP contribution is 2.27. The summed E-state index contributed by atoms with van der Waals surface area (Å²) in [6.45, 7) is 9.45. The van der Waals surface area contributed by atoms with Gasteiger partial charge in [-0.05, 0) is 50.4 Å². The van der Waals surface area contributed by atoms with Gasteiger partial charge in [-0.2, -0.15) is 5.26 Å². The molecule has 8 nitrogen and oxygen atoms in total. The lowest BCUT2D eigenvalue weighted by atomic mass is 10.0. The summed E-state index contributed by atoms with van der Waals surface area (Å²) in [5.41, 5.74) is 9.42. The molecule has 3 rings (SSSR count). The molecule has 0 spiro atoms. The first-order valence-corrected chi connectivity index (χ1v) is 10.9. The minimum Gasteiger partial charge on any atom is -0.383 e. The summed E-state index contributed by atoms with van der Waals surface area (Å²) in [7, 11) is 0. The Morgan fingerprint density at radius 1 is 1.18 bits per heavy atom. The average Bonchev–Trinajstić information content (AvgIpc) is 2.84. The van der Waals surface area contributed by atoms with E-state index in [0.717, 1.165) is 24.4 Å². The quantitative estimate of drug-likeness (QED) is 0.312. The van der Waals surface area contributed by atoms with E-state index in [0.29, 0.717) is 29.8 Å². The summed E-state index contributed by atoms with van der Waals surface area (Å²) in [5, 5.41) is 15.7. The molecule has 0 saturated carbocycles. The lowest BCUT2D eigenvalue weighted by molar-refractivity contribution is 0.615. The number of hydrogen-bond acceptors (Lipinski definition) is 8. The van der Waals surface area contributed by atoms with E-state index < -0.39 is 5.82 Å². The van der Waals surface area contributed by atoms with Crippen LogP contribution in [0.2, 0.25) is 0 Å². The SMILES string of the molecule is C=N/C(=C\NCc1cccc(CNCCC)n1)c1nc(-c2cccc(C#N)c2C)nc(N)c1F. The molecule has 9 heteroatoms. The van der Waals surface area contributed by atoms with Crippen LogP contribution in [-0.2, 0) is 13.1 Å². The van der Waals surface area contributed by atoms with Gasteiger partial charge >= 0.3 is 0 Å². The van der Waals surface area contributed by atoms with E-state index in [1.165, 1.54) is 6.20 Å². The number of pyridine rings is 1. The predicted octanol–water partition coefficient (Wildman–Crippen LogP) is 3.73. The molecule has 1 aromatic carbocycles. The van der Waals surface area contributed by atoms with Crippen LogP contribution in [0.1, 0.15) is 41.6 Å². The van der Waals surface area contributed by atoms with Crippen molar-refractivity contribution in [3.8, 4) is 17.5 Å². The van der Waals surface area contributed by atoms with Crippen LogP contribution in [0.3, 0.4) is 0 Å². The molecule has 2 heterocycles. The molecule has 0 aliphatic heterocycles. The summed E-state index contributed by atoms with van der Waals surface area (Å²) in [5.74, 6) is -0.905. The number of halogens is 1. The van der Waals surface area contributed by atoms with Crippen molar-refractivity contribution in [3.05, 3.63) is 76.6 Å². The Morgan fingerprint density at radius 2 is 1.91 bits per heavy atom. The van der Waals surface area contributed by atoms with Gasteiger partial charge < -0.3 is 16.4 Å². The van der Waals surface area contributed by atoms with Gasteiger partial charge in [-0.3, -0.25) is 9.98 Å². The predicted molar refractivity (Wildman–Crippen MR) is 132 cm³/mol. The van der Waals surface area contributed by atoms with Gasteiger partial charge in [-0.15, -0.1) is 0 Å².